The lowest BCUT2D eigenvalue weighted by Gasteiger charge is -2.11. The first-order chi connectivity index (χ1) is 16.1. The monoisotopic (exact) mass is 461 g/mol. The number of ketones is 1. The molecule has 33 heavy (non-hydrogen) atoms. The first-order valence-electron chi connectivity index (χ1n) is 10.2. The van der Waals surface area contributed by atoms with Crippen LogP contribution >= 0.6 is 11.8 Å². The predicted octanol–water partition coefficient (Wildman–Crippen LogP) is 4.94. The quantitative estimate of drug-likeness (QED) is 0.258. The van der Waals surface area contributed by atoms with Crippen LogP contribution in [-0.4, -0.2) is 47.6 Å². The molecule has 0 N–H and O–H groups in total. The van der Waals surface area contributed by atoms with Gasteiger partial charge < -0.3 is 14.2 Å². The SMILES string of the molecule is COc1ccc(-c2nnc(SCC(=O)c3ccc(OC)c(OC)c3)n2-c2ccccc2)cc1. The minimum atomic E-state index is -0.0467. The molecule has 0 saturated heterocycles. The smallest absolute Gasteiger partial charge is 0.196 e. The Kier molecular flexibility index (Phi) is 6.95. The number of aromatic nitrogens is 3. The van der Waals surface area contributed by atoms with Crippen LogP contribution in [0.4, 0.5) is 0 Å². The van der Waals surface area contributed by atoms with Gasteiger partial charge in [-0.1, -0.05) is 30.0 Å². The molecule has 4 aromatic rings. The number of thioether (sulfide) groups is 1. The molecule has 0 fully saturated rings. The number of hydrogen-bond donors (Lipinski definition) is 0. The van der Waals surface area contributed by atoms with Gasteiger partial charge in [-0.3, -0.25) is 9.36 Å². The highest BCUT2D eigenvalue weighted by Gasteiger charge is 2.18. The molecule has 7 nitrogen and oxygen atoms in total. The first-order valence-corrected chi connectivity index (χ1v) is 11.2. The number of ether oxygens (including phenoxy) is 3. The Morgan fingerprint density at radius 2 is 1.58 bits per heavy atom. The zero-order valence-electron chi connectivity index (χ0n) is 18.5. The number of carbonyl (C=O) groups is 1. The maximum atomic E-state index is 12.9. The van der Waals surface area contributed by atoms with Crippen LogP contribution in [-0.2, 0) is 0 Å². The predicted molar refractivity (Wildman–Crippen MR) is 128 cm³/mol. The Morgan fingerprint density at radius 1 is 0.848 bits per heavy atom. The van der Waals surface area contributed by atoms with E-state index in [-0.39, 0.29) is 11.5 Å². The van der Waals surface area contributed by atoms with E-state index in [1.165, 1.54) is 11.8 Å². The average Bonchev–Trinajstić information content (AvgIpc) is 3.31. The van der Waals surface area contributed by atoms with Crippen molar-refractivity contribution in [2.45, 2.75) is 5.16 Å². The van der Waals surface area contributed by atoms with Crippen LogP contribution in [0.15, 0.2) is 78.0 Å². The van der Waals surface area contributed by atoms with E-state index in [2.05, 4.69) is 10.2 Å². The first kappa shape index (κ1) is 22.4. The summed E-state index contributed by atoms with van der Waals surface area (Å²) in [6.07, 6.45) is 0. The van der Waals surface area contributed by atoms with Gasteiger partial charge in [0.25, 0.3) is 0 Å². The van der Waals surface area contributed by atoms with Gasteiger partial charge in [0.05, 0.1) is 27.1 Å². The number of benzene rings is 3. The van der Waals surface area contributed by atoms with Crippen LogP contribution in [0, 0.1) is 0 Å². The van der Waals surface area contributed by atoms with E-state index < -0.39 is 0 Å². The van der Waals surface area contributed by atoms with Gasteiger partial charge in [-0.25, -0.2) is 0 Å². The number of para-hydroxylation sites is 1. The second-order valence-electron chi connectivity index (χ2n) is 6.99. The maximum absolute atomic E-state index is 12.9. The molecule has 0 amide bonds. The van der Waals surface area contributed by atoms with Gasteiger partial charge in [-0.2, -0.15) is 0 Å². The molecule has 1 heterocycles. The van der Waals surface area contributed by atoms with E-state index in [9.17, 15) is 4.79 Å². The van der Waals surface area contributed by atoms with Crippen molar-refractivity contribution in [3.8, 4) is 34.3 Å². The van der Waals surface area contributed by atoms with Crippen molar-refractivity contribution in [3.05, 3.63) is 78.4 Å². The lowest BCUT2D eigenvalue weighted by Crippen LogP contribution is -2.05. The molecule has 1 aromatic heterocycles. The standard InChI is InChI=1S/C25H23N3O4S/c1-30-20-12-9-17(10-13-20)24-26-27-25(28(24)19-7-5-4-6-8-19)33-16-21(29)18-11-14-22(31-2)23(15-18)32-3/h4-15H,16H2,1-3H3. The Bertz CT molecular complexity index is 1240. The summed E-state index contributed by atoms with van der Waals surface area (Å²) in [6, 6.07) is 22.6. The molecule has 3 aromatic carbocycles. The molecule has 0 aliphatic heterocycles. The van der Waals surface area contributed by atoms with Crippen LogP contribution < -0.4 is 14.2 Å². The fourth-order valence-corrected chi connectivity index (χ4v) is 4.17. The molecule has 0 aliphatic carbocycles. The van der Waals surface area contributed by atoms with Gasteiger partial charge in [0.2, 0.25) is 0 Å². The fraction of sp³-hybridized carbons (Fsp3) is 0.160. The second kappa shape index (κ2) is 10.2. The van der Waals surface area contributed by atoms with Crippen LogP contribution in [0.1, 0.15) is 10.4 Å². The molecule has 0 unspecified atom stereocenters. The molecular formula is C25H23N3O4S. The Hall–Kier alpha value is -3.78. The Labute approximate surface area is 196 Å². The molecule has 0 aliphatic rings. The van der Waals surface area contributed by atoms with Gasteiger partial charge in [-0.05, 0) is 54.6 Å². The van der Waals surface area contributed by atoms with E-state index in [4.69, 9.17) is 14.2 Å². The van der Waals surface area contributed by atoms with E-state index in [0.29, 0.717) is 28.0 Å². The highest BCUT2D eigenvalue weighted by Crippen LogP contribution is 2.31. The molecule has 4 rings (SSSR count). The van der Waals surface area contributed by atoms with E-state index in [1.807, 2.05) is 59.2 Å². The molecule has 0 atom stereocenters. The lowest BCUT2D eigenvalue weighted by atomic mass is 10.1. The van der Waals surface area contributed by atoms with E-state index in [1.54, 1.807) is 39.5 Å². The average molecular weight is 462 g/mol. The zero-order chi connectivity index (χ0) is 23.2. The minimum absolute atomic E-state index is 0.0467. The van der Waals surface area contributed by atoms with Gasteiger partial charge in [0.15, 0.2) is 28.3 Å². The van der Waals surface area contributed by atoms with Gasteiger partial charge in [0.1, 0.15) is 5.75 Å². The number of Topliss-reactive ketones (excluding diaryl/α,β-unsaturated/α-hetero) is 1. The molecule has 0 spiro atoms. The van der Waals surface area contributed by atoms with Crippen molar-refractivity contribution in [2.75, 3.05) is 27.1 Å². The van der Waals surface area contributed by atoms with Crippen molar-refractivity contribution in [1.29, 1.82) is 0 Å². The van der Waals surface area contributed by atoms with Crippen LogP contribution in [0.3, 0.4) is 0 Å². The highest BCUT2D eigenvalue weighted by atomic mass is 32.2. The summed E-state index contributed by atoms with van der Waals surface area (Å²) in [7, 11) is 4.74. The summed E-state index contributed by atoms with van der Waals surface area (Å²) in [4.78, 5) is 12.9. The van der Waals surface area contributed by atoms with Crippen LogP contribution in [0.25, 0.3) is 17.1 Å². The molecule has 0 bridgehead atoms. The van der Waals surface area contributed by atoms with Crippen LogP contribution in [0.2, 0.25) is 0 Å². The Balaban J connectivity index is 1.62. The van der Waals surface area contributed by atoms with Gasteiger partial charge in [0, 0.05) is 16.8 Å². The topological polar surface area (TPSA) is 75.5 Å². The van der Waals surface area contributed by atoms with E-state index in [0.717, 1.165) is 17.0 Å². The third-order valence-electron chi connectivity index (χ3n) is 5.03. The molecular weight excluding hydrogens is 438 g/mol. The summed E-state index contributed by atoms with van der Waals surface area (Å²) in [5, 5.41) is 9.43. The second-order valence-corrected chi connectivity index (χ2v) is 7.93. The van der Waals surface area contributed by atoms with Gasteiger partial charge >= 0.3 is 0 Å². The fourth-order valence-electron chi connectivity index (χ4n) is 3.32. The third-order valence-corrected chi connectivity index (χ3v) is 5.96. The van der Waals surface area contributed by atoms with Crippen LogP contribution in [0.5, 0.6) is 17.2 Å². The molecule has 0 radical (unpaired) electrons. The lowest BCUT2D eigenvalue weighted by molar-refractivity contribution is 0.102. The molecule has 168 valence electrons. The summed E-state index contributed by atoms with van der Waals surface area (Å²) >= 11 is 1.33. The van der Waals surface area contributed by atoms with Crippen molar-refractivity contribution in [2.24, 2.45) is 0 Å². The highest BCUT2D eigenvalue weighted by molar-refractivity contribution is 7.99. The number of hydrogen-bond acceptors (Lipinski definition) is 7. The molecule has 0 saturated carbocycles. The number of carbonyl (C=O) groups excluding carboxylic acids is 1. The van der Waals surface area contributed by atoms with Crippen molar-refractivity contribution >= 4 is 17.5 Å². The summed E-state index contributed by atoms with van der Waals surface area (Å²) in [6.45, 7) is 0. The van der Waals surface area contributed by atoms with Crippen molar-refractivity contribution < 1.29 is 19.0 Å². The van der Waals surface area contributed by atoms with Gasteiger partial charge in [-0.15, -0.1) is 10.2 Å². The maximum Gasteiger partial charge on any atom is 0.196 e. The summed E-state index contributed by atoms with van der Waals surface area (Å²) < 4.78 is 17.8. The largest absolute Gasteiger partial charge is 0.497 e. The third kappa shape index (κ3) is 4.85. The number of nitrogens with zero attached hydrogens (tertiary/aromatic N) is 3. The van der Waals surface area contributed by atoms with Crippen molar-refractivity contribution in [1.82, 2.24) is 14.8 Å². The number of rotatable bonds is 9. The number of methoxy groups -OCH3 is 3. The zero-order valence-corrected chi connectivity index (χ0v) is 19.3. The van der Waals surface area contributed by atoms with E-state index >= 15 is 0 Å². The minimum Gasteiger partial charge on any atom is -0.497 e. The summed E-state index contributed by atoms with van der Waals surface area (Å²) in [5.74, 6) is 2.69. The molecule has 8 heteroatoms. The summed E-state index contributed by atoms with van der Waals surface area (Å²) in [5.41, 5.74) is 2.35. The normalized spacial score (nSPS) is 10.6. The van der Waals surface area contributed by atoms with Crippen molar-refractivity contribution in [3.63, 3.8) is 0 Å². The Morgan fingerprint density at radius 3 is 2.24 bits per heavy atom.